The van der Waals surface area contributed by atoms with Gasteiger partial charge in [0.25, 0.3) is 0 Å². The number of carbonyl (C=O) groups excluding carboxylic acids is 2. The van der Waals surface area contributed by atoms with Gasteiger partial charge in [0.2, 0.25) is 0 Å². The predicted octanol–water partition coefficient (Wildman–Crippen LogP) is 3.99. The number of aromatic nitrogens is 1. The second kappa shape index (κ2) is 5.60. The van der Waals surface area contributed by atoms with Crippen LogP contribution in [0.3, 0.4) is 0 Å². The first-order valence-electron chi connectivity index (χ1n) is 6.24. The molecule has 1 heterocycles. The summed E-state index contributed by atoms with van der Waals surface area (Å²) in [6, 6.07) is 1.53. The molecule has 1 aromatic rings. The van der Waals surface area contributed by atoms with Crippen LogP contribution in [0.15, 0.2) is 16.7 Å². The average Bonchev–Trinajstić information content (AvgIpc) is 2.55. The molecule has 6 heteroatoms. The third kappa shape index (κ3) is 5.00. The second-order valence-corrected chi connectivity index (χ2v) is 7.31. The molecular formula is C14H20BrNO4. The molecule has 20 heavy (non-hydrogen) atoms. The van der Waals surface area contributed by atoms with Crippen molar-refractivity contribution in [3.63, 3.8) is 0 Å². The Hall–Kier alpha value is -1.30. The van der Waals surface area contributed by atoms with Crippen LogP contribution in [0, 0.1) is 0 Å². The molecule has 0 aliphatic carbocycles. The van der Waals surface area contributed by atoms with Crippen LogP contribution in [0.2, 0.25) is 0 Å². The summed E-state index contributed by atoms with van der Waals surface area (Å²) in [6.45, 7) is 10.6. The molecule has 0 aliphatic heterocycles. The van der Waals surface area contributed by atoms with E-state index in [1.807, 2.05) is 0 Å². The molecule has 0 aliphatic rings. The first-order valence-corrected chi connectivity index (χ1v) is 7.03. The van der Waals surface area contributed by atoms with Crippen molar-refractivity contribution in [2.24, 2.45) is 0 Å². The van der Waals surface area contributed by atoms with Gasteiger partial charge in [-0.25, -0.2) is 14.2 Å². The molecule has 0 bridgehead atoms. The lowest BCUT2D eigenvalue weighted by Crippen LogP contribution is -2.30. The van der Waals surface area contributed by atoms with E-state index in [0.717, 1.165) is 4.57 Å². The molecule has 0 amide bonds. The van der Waals surface area contributed by atoms with Crippen LogP contribution in [-0.2, 0) is 9.47 Å². The zero-order valence-electron chi connectivity index (χ0n) is 12.6. The van der Waals surface area contributed by atoms with E-state index in [-0.39, 0.29) is 5.69 Å². The van der Waals surface area contributed by atoms with E-state index in [9.17, 15) is 9.59 Å². The second-order valence-electron chi connectivity index (χ2n) is 6.40. The Morgan fingerprint density at radius 1 is 1.05 bits per heavy atom. The Kier molecular flexibility index (Phi) is 4.69. The SMILES string of the molecule is CC(C)(C)OC(=O)c1cc(Br)cn1C(=O)OC(C)(C)C. The Morgan fingerprint density at radius 2 is 1.55 bits per heavy atom. The molecule has 0 N–H and O–H groups in total. The molecule has 1 aromatic heterocycles. The molecule has 0 saturated carbocycles. The summed E-state index contributed by atoms with van der Waals surface area (Å²) in [5.74, 6) is -0.575. The van der Waals surface area contributed by atoms with Gasteiger partial charge in [0.1, 0.15) is 16.9 Å². The number of ether oxygens (including phenoxy) is 2. The summed E-state index contributed by atoms with van der Waals surface area (Å²) >= 11 is 3.24. The first-order chi connectivity index (χ1) is 8.89. The van der Waals surface area contributed by atoms with Crippen LogP contribution in [0.25, 0.3) is 0 Å². The van der Waals surface area contributed by atoms with Gasteiger partial charge < -0.3 is 9.47 Å². The Bertz CT molecular complexity index is 475. The smallest absolute Gasteiger partial charge is 0.419 e. The summed E-state index contributed by atoms with van der Waals surface area (Å²) in [6.07, 6.45) is 0.858. The number of esters is 1. The predicted molar refractivity (Wildman–Crippen MR) is 78.9 cm³/mol. The van der Waals surface area contributed by atoms with Gasteiger partial charge in [-0.3, -0.25) is 0 Å². The van der Waals surface area contributed by atoms with Crippen molar-refractivity contribution in [1.29, 1.82) is 0 Å². The lowest BCUT2D eigenvalue weighted by atomic mass is 10.2. The van der Waals surface area contributed by atoms with E-state index in [4.69, 9.17) is 9.47 Å². The Morgan fingerprint density at radius 3 is 2.00 bits per heavy atom. The maximum absolute atomic E-state index is 12.1. The summed E-state index contributed by atoms with van der Waals surface area (Å²) in [5.41, 5.74) is -1.15. The highest BCUT2D eigenvalue weighted by Gasteiger charge is 2.26. The normalized spacial score (nSPS) is 12.2. The number of nitrogens with zero attached hydrogens (tertiary/aromatic N) is 1. The van der Waals surface area contributed by atoms with Crippen molar-refractivity contribution in [3.05, 3.63) is 22.4 Å². The van der Waals surface area contributed by atoms with E-state index in [1.54, 1.807) is 41.5 Å². The molecule has 5 nitrogen and oxygen atoms in total. The van der Waals surface area contributed by atoms with Gasteiger partial charge >= 0.3 is 12.1 Å². The molecule has 0 fully saturated rings. The van der Waals surface area contributed by atoms with E-state index < -0.39 is 23.3 Å². The highest BCUT2D eigenvalue weighted by molar-refractivity contribution is 9.10. The first kappa shape index (κ1) is 16.8. The summed E-state index contributed by atoms with van der Waals surface area (Å²) in [5, 5.41) is 0. The molecule has 0 aromatic carbocycles. The van der Waals surface area contributed by atoms with Crippen LogP contribution in [0.1, 0.15) is 52.0 Å². The van der Waals surface area contributed by atoms with E-state index in [1.165, 1.54) is 12.3 Å². The minimum absolute atomic E-state index is 0.126. The molecular weight excluding hydrogens is 326 g/mol. The average molecular weight is 346 g/mol. The van der Waals surface area contributed by atoms with Crippen molar-refractivity contribution in [3.8, 4) is 0 Å². The maximum atomic E-state index is 12.1. The Balaban J connectivity index is 3.05. The summed E-state index contributed by atoms with van der Waals surface area (Å²) < 4.78 is 12.3. The minimum atomic E-state index is -0.640. The zero-order valence-corrected chi connectivity index (χ0v) is 14.2. The Labute approximate surface area is 127 Å². The fraction of sp³-hybridized carbons (Fsp3) is 0.571. The topological polar surface area (TPSA) is 57.5 Å². The fourth-order valence-corrected chi connectivity index (χ4v) is 1.80. The zero-order chi connectivity index (χ0) is 15.7. The van der Waals surface area contributed by atoms with Crippen molar-refractivity contribution >= 4 is 28.0 Å². The number of rotatable bonds is 1. The van der Waals surface area contributed by atoms with Crippen LogP contribution in [0.4, 0.5) is 4.79 Å². The van der Waals surface area contributed by atoms with Crippen LogP contribution < -0.4 is 0 Å². The molecule has 1 rings (SSSR count). The number of hydrogen-bond donors (Lipinski definition) is 0. The summed E-state index contributed by atoms with van der Waals surface area (Å²) in [7, 11) is 0. The van der Waals surface area contributed by atoms with Gasteiger partial charge in [-0.15, -0.1) is 0 Å². The van der Waals surface area contributed by atoms with Crippen molar-refractivity contribution in [2.75, 3.05) is 0 Å². The highest BCUT2D eigenvalue weighted by Crippen LogP contribution is 2.20. The van der Waals surface area contributed by atoms with Crippen molar-refractivity contribution in [1.82, 2.24) is 4.57 Å². The van der Waals surface area contributed by atoms with Gasteiger partial charge in [-0.2, -0.15) is 0 Å². The molecule has 0 saturated heterocycles. The van der Waals surface area contributed by atoms with Crippen LogP contribution in [0.5, 0.6) is 0 Å². The number of hydrogen-bond acceptors (Lipinski definition) is 4. The third-order valence-electron chi connectivity index (χ3n) is 1.98. The van der Waals surface area contributed by atoms with Gasteiger partial charge in [0.05, 0.1) is 0 Å². The van der Waals surface area contributed by atoms with Gasteiger partial charge in [0.15, 0.2) is 0 Å². The van der Waals surface area contributed by atoms with Crippen LogP contribution in [-0.4, -0.2) is 27.8 Å². The quantitative estimate of drug-likeness (QED) is 0.722. The van der Waals surface area contributed by atoms with E-state index >= 15 is 0 Å². The molecule has 0 atom stereocenters. The maximum Gasteiger partial charge on any atom is 0.419 e. The largest absolute Gasteiger partial charge is 0.455 e. The fourth-order valence-electron chi connectivity index (χ4n) is 1.38. The lowest BCUT2D eigenvalue weighted by Gasteiger charge is -2.22. The molecule has 0 unspecified atom stereocenters. The van der Waals surface area contributed by atoms with E-state index in [0.29, 0.717) is 4.47 Å². The van der Waals surface area contributed by atoms with Crippen molar-refractivity contribution < 1.29 is 19.1 Å². The molecule has 0 spiro atoms. The third-order valence-corrected chi connectivity index (χ3v) is 2.42. The van der Waals surface area contributed by atoms with Crippen molar-refractivity contribution in [2.45, 2.75) is 52.7 Å². The van der Waals surface area contributed by atoms with Crippen LogP contribution >= 0.6 is 15.9 Å². The molecule has 0 radical (unpaired) electrons. The highest BCUT2D eigenvalue weighted by atomic mass is 79.9. The number of halogens is 1. The minimum Gasteiger partial charge on any atom is -0.455 e. The standard InChI is InChI=1S/C14H20BrNO4/c1-13(2,3)19-11(17)10-7-9(15)8-16(10)12(18)20-14(4,5)6/h7-8H,1-6H3. The van der Waals surface area contributed by atoms with Gasteiger partial charge in [-0.05, 0) is 63.5 Å². The van der Waals surface area contributed by atoms with Gasteiger partial charge in [0, 0.05) is 10.7 Å². The summed E-state index contributed by atoms with van der Waals surface area (Å²) in [4.78, 5) is 24.2. The number of carbonyl (C=O) groups is 2. The molecule has 112 valence electrons. The van der Waals surface area contributed by atoms with E-state index in [2.05, 4.69) is 15.9 Å². The monoisotopic (exact) mass is 345 g/mol. The van der Waals surface area contributed by atoms with Gasteiger partial charge in [-0.1, -0.05) is 0 Å². The lowest BCUT2D eigenvalue weighted by molar-refractivity contribution is 0.00492.